The molecule has 2 heterocycles. The van der Waals surface area contributed by atoms with Crippen LogP contribution in [0.3, 0.4) is 0 Å². The van der Waals surface area contributed by atoms with Gasteiger partial charge in [-0.15, -0.1) is 11.3 Å². The first-order valence-corrected chi connectivity index (χ1v) is 7.68. The fraction of sp³-hybridized carbons (Fsp3) is 0.357. The van der Waals surface area contributed by atoms with Crippen molar-refractivity contribution < 1.29 is 9.53 Å². The number of anilines is 1. The van der Waals surface area contributed by atoms with Gasteiger partial charge in [0, 0.05) is 16.6 Å². The normalized spacial score (nSPS) is 19.3. The van der Waals surface area contributed by atoms with Crippen molar-refractivity contribution in [2.24, 2.45) is 0 Å². The Labute approximate surface area is 126 Å². The van der Waals surface area contributed by atoms with Crippen molar-refractivity contribution in [3.05, 3.63) is 29.3 Å². The third-order valence-corrected chi connectivity index (χ3v) is 4.97. The molecule has 1 saturated heterocycles. The Morgan fingerprint density at radius 1 is 1.50 bits per heavy atom. The second-order valence-corrected chi connectivity index (χ2v) is 6.22. The summed E-state index contributed by atoms with van der Waals surface area (Å²) in [5.74, 6) is 0. The number of benzene rings is 1. The van der Waals surface area contributed by atoms with Gasteiger partial charge >= 0.3 is 6.03 Å². The molecule has 1 aromatic heterocycles. The summed E-state index contributed by atoms with van der Waals surface area (Å²) in [6.07, 6.45) is 0. The van der Waals surface area contributed by atoms with E-state index in [2.05, 4.69) is 5.32 Å². The quantitative estimate of drug-likeness (QED) is 0.870. The number of nitrogens with one attached hydrogen (secondary N) is 1. The molecule has 4 nitrogen and oxygen atoms in total. The number of carbonyl (C=O) groups is 1. The average molecular weight is 311 g/mol. The van der Waals surface area contributed by atoms with Crippen LogP contribution in [0.15, 0.2) is 24.3 Å². The number of nitrogens with zero attached hydrogens (tertiary/aromatic N) is 1. The van der Waals surface area contributed by atoms with Crippen LogP contribution in [0.5, 0.6) is 0 Å². The zero-order valence-corrected chi connectivity index (χ0v) is 12.6. The molecule has 0 saturated carbocycles. The number of morpholine rings is 1. The summed E-state index contributed by atoms with van der Waals surface area (Å²) in [5.41, 5.74) is 0. The molecule has 0 aliphatic carbocycles. The lowest BCUT2D eigenvalue weighted by Crippen LogP contribution is -2.48. The van der Waals surface area contributed by atoms with Gasteiger partial charge in [0.15, 0.2) is 0 Å². The lowest BCUT2D eigenvalue weighted by Gasteiger charge is -2.33. The zero-order valence-electron chi connectivity index (χ0n) is 11.1. The van der Waals surface area contributed by atoms with E-state index >= 15 is 0 Å². The van der Waals surface area contributed by atoms with E-state index in [-0.39, 0.29) is 12.1 Å². The van der Waals surface area contributed by atoms with Crippen molar-refractivity contribution >= 4 is 44.1 Å². The van der Waals surface area contributed by atoms with Gasteiger partial charge in [0.25, 0.3) is 0 Å². The highest BCUT2D eigenvalue weighted by molar-refractivity contribution is 7.23. The van der Waals surface area contributed by atoms with Crippen LogP contribution in [0.4, 0.5) is 9.80 Å². The van der Waals surface area contributed by atoms with E-state index < -0.39 is 0 Å². The number of fused-ring (bicyclic) bond motifs is 1. The Kier molecular flexibility index (Phi) is 3.83. The fourth-order valence-corrected chi connectivity index (χ4v) is 3.66. The summed E-state index contributed by atoms with van der Waals surface area (Å²) in [5, 5.41) is 5.21. The molecule has 6 heteroatoms. The number of hydrogen-bond donors (Lipinski definition) is 1. The van der Waals surface area contributed by atoms with E-state index in [1.807, 2.05) is 31.2 Å². The van der Waals surface area contributed by atoms with Crippen LogP contribution in [-0.4, -0.2) is 36.7 Å². The Bertz CT molecular complexity index is 643. The number of rotatable bonds is 1. The SMILES string of the molecule is C[C@@H]1COCCN1C(=O)Nc1sc2ccccc2c1Cl. The molecule has 1 atom stereocenters. The summed E-state index contributed by atoms with van der Waals surface area (Å²) in [7, 11) is 0. The van der Waals surface area contributed by atoms with E-state index in [0.29, 0.717) is 29.8 Å². The lowest BCUT2D eigenvalue weighted by molar-refractivity contribution is 0.0222. The van der Waals surface area contributed by atoms with Gasteiger partial charge in [0.1, 0.15) is 5.00 Å². The summed E-state index contributed by atoms with van der Waals surface area (Å²) in [4.78, 5) is 14.1. The van der Waals surface area contributed by atoms with Gasteiger partial charge in [-0.1, -0.05) is 29.8 Å². The first kappa shape index (κ1) is 13.7. The molecule has 2 aromatic rings. The maximum Gasteiger partial charge on any atom is 0.322 e. The number of amides is 2. The molecule has 106 valence electrons. The van der Waals surface area contributed by atoms with Crippen molar-refractivity contribution in [1.82, 2.24) is 4.90 Å². The van der Waals surface area contributed by atoms with E-state index in [0.717, 1.165) is 10.1 Å². The van der Waals surface area contributed by atoms with Crippen molar-refractivity contribution in [2.45, 2.75) is 13.0 Å². The van der Waals surface area contributed by atoms with E-state index in [1.165, 1.54) is 11.3 Å². The average Bonchev–Trinajstić information content (AvgIpc) is 2.76. The van der Waals surface area contributed by atoms with E-state index in [4.69, 9.17) is 16.3 Å². The van der Waals surface area contributed by atoms with Crippen molar-refractivity contribution in [3.8, 4) is 0 Å². The highest BCUT2D eigenvalue weighted by atomic mass is 35.5. The molecule has 1 fully saturated rings. The molecule has 1 aliphatic heterocycles. The lowest BCUT2D eigenvalue weighted by atomic mass is 10.2. The number of ether oxygens (including phenoxy) is 1. The monoisotopic (exact) mass is 310 g/mol. The molecule has 3 rings (SSSR count). The maximum atomic E-state index is 12.3. The van der Waals surface area contributed by atoms with Gasteiger partial charge in [-0.2, -0.15) is 0 Å². The van der Waals surface area contributed by atoms with Gasteiger partial charge in [-0.3, -0.25) is 5.32 Å². The summed E-state index contributed by atoms with van der Waals surface area (Å²) in [6.45, 7) is 3.74. The standard InChI is InChI=1S/C14H15ClN2O2S/c1-9-8-19-7-6-17(9)14(18)16-13-12(15)10-4-2-3-5-11(10)20-13/h2-5,9H,6-8H2,1H3,(H,16,18)/t9-/m1/s1. The molecule has 1 aliphatic rings. The van der Waals surface area contributed by atoms with Crippen molar-refractivity contribution in [3.63, 3.8) is 0 Å². The summed E-state index contributed by atoms with van der Waals surface area (Å²) >= 11 is 7.82. The third-order valence-electron chi connectivity index (χ3n) is 3.38. The number of carbonyl (C=O) groups excluding carboxylic acids is 1. The molecule has 2 amide bonds. The van der Waals surface area contributed by atoms with Gasteiger partial charge < -0.3 is 9.64 Å². The molecule has 20 heavy (non-hydrogen) atoms. The van der Waals surface area contributed by atoms with Crippen molar-refractivity contribution in [1.29, 1.82) is 0 Å². The molecular weight excluding hydrogens is 296 g/mol. The Morgan fingerprint density at radius 2 is 2.30 bits per heavy atom. The van der Waals surface area contributed by atoms with Gasteiger partial charge in [0.2, 0.25) is 0 Å². The molecular formula is C14H15ClN2O2S. The van der Waals surface area contributed by atoms with Crippen LogP contribution in [0, 0.1) is 0 Å². The van der Waals surface area contributed by atoms with Crippen LogP contribution in [-0.2, 0) is 4.74 Å². The minimum Gasteiger partial charge on any atom is -0.377 e. The fourth-order valence-electron chi connectivity index (χ4n) is 2.29. The Morgan fingerprint density at radius 3 is 3.05 bits per heavy atom. The predicted molar refractivity (Wildman–Crippen MR) is 82.8 cm³/mol. The highest BCUT2D eigenvalue weighted by Crippen LogP contribution is 2.39. The second-order valence-electron chi connectivity index (χ2n) is 4.79. The minimum absolute atomic E-state index is 0.0805. The predicted octanol–water partition coefficient (Wildman–Crippen LogP) is 3.81. The first-order chi connectivity index (χ1) is 9.66. The summed E-state index contributed by atoms with van der Waals surface area (Å²) in [6, 6.07) is 7.83. The van der Waals surface area contributed by atoms with Crippen LogP contribution < -0.4 is 5.32 Å². The molecule has 1 N–H and O–H groups in total. The van der Waals surface area contributed by atoms with Crippen molar-refractivity contribution in [2.75, 3.05) is 25.1 Å². The number of urea groups is 1. The summed E-state index contributed by atoms with van der Waals surface area (Å²) < 4.78 is 6.41. The largest absolute Gasteiger partial charge is 0.377 e. The first-order valence-electron chi connectivity index (χ1n) is 6.49. The molecule has 0 bridgehead atoms. The zero-order chi connectivity index (χ0) is 14.1. The molecule has 1 aromatic carbocycles. The second kappa shape index (κ2) is 5.60. The number of hydrogen-bond acceptors (Lipinski definition) is 3. The van der Waals surface area contributed by atoms with Crippen LogP contribution >= 0.6 is 22.9 Å². The topological polar surface area (TPSA) is 41.6 Å². The van der Waals surface area contributed by atoms with E-state index in [1.54, 1.807) is 4.90 Å². The van der Waals surface area contributed by atoms with Crippen LogP contribution in [0.2, 0.25) is 5.02 Å². The van der Waals surface area contributed by atoms with E-state index in [9.17, 15) is 4.79 Å². The molecule has 0 radical (unpaired) electrons. The van der Waals surface area contributed by atoms with Gasteiger partial charge in [-0.25, -0.2) is 4.79 Å². The molecule has 0 spiro atoms. The molecule has 0 unspecified atom stereocenters. The van der Waals surface area contributed by atoms with Crippen LogP contribution in [0.1, 0.15) is 6.92 Å². The van der Waals surface area contributed by atoms with Crippen LogP contribution in [0.25, 0.3) is 10.1 Å². The Hall–Kier alpha value is -1.30. The smallest absolute Gasteiger partial charge is 0.322 e. The highest BCUT2D eigenvalue weighted by Gasteiger charge is 2.24. The van der Waals surface area contributed by atoms with Gasteiger partial charge in [0.05, 0.1) is 24.3 Å². The minimum atomic E-state index is -0.116. The maximum absolute atomic E-state index is 12.3. The number of halogens is 1. The Balaban J connectivity index is 1.82. The third kappa shape index (κ3) is 2.49. The number of thiophene rings is 1. The van der Waals surface area contributed by atoms with Gasteiger partial charge in [-0.05, 0) is 13.0 Å².